The predicted molar refractivity (Wildman–Crippen MR) is 98.3 cm³/mol. The summed E-state index contributed by atoms with van der Waals surface area (Å²) in [4.78, 5) is 25.0. The van der Waals surface area contributed by atoms with Gasteiger partial charge in [0.2, 0.25) is 0 Å². The standard InChI is InChI=1S/C19H19ClN2O4/c20-16-7-3-14(4-8-16)12-21(13-18-2-1-11-26-18)19(23)15-5-9-17(10-6-15)22(24)25/h3-10,18H,1-2,11-13H2/t18-/m0/s1. The van der Waals surface area contributed by atoms with Crippen LogP contribution in [0.1, 0.15) is 28.8 Å². The Morgan fingerprint density at radius 2 is 1.88 bits per heavy atom. The van der Waals surface area contributed by atoms with E-state index in [1.54, 1.807) is 17.0 Å². The summed E-state index contributed by atoms with van der Waals surface area (Å²) < 4.78 is 5.67. The third-order valence-electron chi connectivity index (χ3n) is 4.35. The molecule has 136 valence electrons. The van der Waals surface area contributed by atoms with Crippen molar-refractivity contribution in [2.75, 3.05) is 13.2 Å². The Hall–Kier alpha value is -2.44. The predicted octanol–water partition coefficient (Wildman–Crippen LogP) is 4.07. The largest absolute Gasteiger partial charge is 0.376 e. The molecule has 2 aromatic rings. The van der Waals surface area contributed by atoms with E-state index in [2.05, 4.69) is 0 Å². The molecule has 7 heteroatoms. The number of benzene rings is 2. The second-order valence-electron chi connectivity index (χ2n) is 6.25. The van der Waals surface area contributed by atoms with Gasteiger partial charge in [-0.05, 0) is 42.7 Å². The molecule has 0 radical (unpaired) electrons. The average Bonchev–Trinajstić information content (AvgIpc) is 3.15. The van der Waals surface area contributed by atoms with Crippen LogP contribution in [0.25, 0.3) is 0 Å². The molecule has 0 spiro atoms. The molecule has 6 nitrogen and oxygen atoms in total. The first-order chi connectivity index (χ1) is 12.5. The number of nitro benzene ring substituents is 1. The maximum atomic E-state index is 13.0. The van der Waals surface area contributed by atoms with Crippen molar-refractivity contribution >= 4 is 23.2 Å². The van der Waals surface area contributed by atoms with Gasteiger partial charge in [-0.2, -0.15) is 0 Å². The Morgan fingerprint density at radius 1 is 1.19 bits per heavy atom. The highest BCUT2D eigenvalue weighted by Gasteiger charge is 2.24. The molecular formula is C19H19ClN2O4. The van der Waals surface area contributed by atoms with Crippen molar-refractivity contribution in [1.82, 2.24) is 4.90 Å². The Morgan fingerprint density at radius 3 is 2.46 bits per heavy atom. The zero-order valence-electron chi connectivity index (χ0n) is 14.1. The molecule has 0 aliphatic carbocycles. The summed E-state index contributed by atoms with van der Waals surface area (Å²) in [6.45, 7) is 1.62. The van der Waals surface area contributed by atoms with E-state index in [-0.39, 0.29) is 17.7 Å². The van der Waals surface area contributed by atoms with Crippen LogP contribution < -0.4 is 0 Å². The van der Waals surface area contributed by atoms with Gasteiger partial charge in [0, 0.05) is 42.4 Å². The molecule has 2 aromatic carbocycles. The summed E-state index contributed by atoms with van der Waals surface area (Å²) in [6.07, 6.45) is 1.93. The second-order valence-corrected chi connectivity index (χ2v) is 6.69. The minimum Gasteiger partial charge on any atom is -0.376 e. The lowest BCUT2D eigenvalue weighted by Gasteiger charge is -2.26. The Bertz CT molecular complexity index is 771. The Labute approximate surface area is 156 Å². The van der Waals surface area contributed by atoms with Crippen LogP contribution in [-0.2, 0) is 11.3 Å². The van der Waals surface area contributed by atoms with Crippen molar-refractivity contribution in [2.24, 2.45) is 0 Å². The molecule has 1 aliphatic rings. The van der Waals surface area contributed by atoms with Gasteiger partial charge < -0.3 is 9.64 Å². The van der Waals surface area contributed by atoms with E-state index < -0.39 is 4.92 Å². The fraction of sp³-hybridized carbons (Fsp3) is 0.316. The molecule has 0 saturated carbocycles. The lowest BCUT2D eigenvalue weighted by atomic mass is 10.1. The minimum absolute atomic E-state index is 0.0179. The van der Waals surface area contributed by atoms with Gasteiger partial charge in [0.25, 0.3) is 11.6 Å². The number of ether oxygens (including phenoxy) is 1. The van der Waals surface area contributed by atoms with Gasteiger partial charge in [-0.1, -0.05) is 23.7 Å². The normalized spacial score (nSPS) is 16.4. The molecule has 1 saturated heterocycles. The topological polar surface area (TPSA) is 72.7 Å². The van der Waals surface area contributed by atoms with E-state index in [1.165, 1.54) is 24.3 Å². The zero-order valence-corrected chi connectivity index (χ0v) is 14.9. The van der Waals surface area contributed by atoms with E-state index in [0.29, 0.717) is 30.3 Å². The van der Waals surface area contributed by atoms with Crippen molar-refractivity contribution in [1.29, 1.82) is 0 Å². The van der Waals surface area contributed by atoms with Gasteiger partial charge in [0.15, 0.2) is 0 Å². The first-order valence-corrected chi connectivity index (χ1v) is 8.80. The van der Waals surface area contributed by atoms with E-state index in [9.17, 15) is 14.9 Å². The lowest BCUT2D eigenvalue weighted by molar-refractivity contribution is -0.384. The van der Waals surface area contributed by atoms with Crippen LogP contribution >= 0.6 is 11.6 Å². The van der Waals surface area contributed by atoms with Gasteiger partial charge in [-0.25, -0.2) is 0 Å². The highest BCUT2D eigenvalue weighted by molar-refractivity contribution is 6.30. The summed E-state index contributed by atoms with van der Waals surface area (Å²) in [5.41, 5.74) is 1.34. The van der Waals surface area contributed by atoms with Gasteiger partial charge in [0.05, 0.1) is 11.0 Å². The number of amides is 1. The molecule has 26 heavy (non-hydrogen) atoms. The van der Waals surface area contributed by atoms with Gasteiger partial charge in [-0.15, -0.1) is 0 Å². The summed E-state index contributed by atoms with van der Waals surface area (Å²) in [5.74, 6) is -0.176. The fourth-order valence-electron chi connectivity index (χ4n) is 2.97. The number of nitro groups is 1. The highest BCUT2D eigenvalue weighted by atomic mass is 35.5. The van der Waals surface area contributed by atoms with Crippen molar-refractivity contribution in [3.8, 4) is 0 Å². The average molecular weight is 375 g/mol. The summed E-state index contributed by atoms with van der Waals surface area (Å²) in [6, 6.07) is 13.0. The van der Waals surface area contributed by atoms with Gasteiger partial charge >= 0.3 is 0 Å². The first-order valence-electron chi connectivity index (χ1n) is 8.43. The molecular weight excluding hydrogens is 356 g/mol. The van der Waals surface area contributed by atoms with Crippen LogP contribution in [0.2, 0.25) is 5.02 Å². The first kappa shape index (κ1) is 18.4. The van der Waals surface area contributed by atoms with Crippen LogP contribution in [0.3, 0.4) is 0 Å². The summed E-state index contributed by atoms with van der Waals surface area (Å²) >= 11 is 5.93. The Kier molecular flexibility index (Phi) is 5.85. The van der Waals surface area contributed by atoms with Crippen LogP contribution in [0.15, 0.2) is 48.5 Å². The molecule has 1 heterocycles. The number of carbonyl (C=O) groups is 1. The number of hydrogen-bond acceptors (Lipinski definition) is 4. The molecule has 0 bridgehead atoms. The molecule has 0 unspecified atom stereocenters. The monoisotopic (exact) mass is 374 g/mol. The molecule has 1 fully saturated rings. The van der Waals surface area contributed by atoms with Crippen LogP contribution in [-0.4, -0.2) is 35.0 Å². The second kappa shape index (κ2) is 8.29. The Balaban J connectivity index is 1.79. The fourth-order valence-corrected chi connectivity index (χ4v) is 3.10. The van der Waals surface area contributed by atoms with E-state index >= 15 is 0 Å². The quantitative estimate of drug-likeness (QED) is 0.564. The number of hydrogen-bond donors (Lipinski definition) is 0. The summed E-state index contributed by atoms with van der Waals surface area (Å²) in [7, 11) is 0. The molecule has 0 N–H and O–H groups in total. The van der Waals surface area contributed by atoms with Gasteiger partial charge in [-0.3, -0.25) is 14.9 Å². The third-order valence-corrected chi connectivity index (χ3v) is 4.60. The smallest absolute Gasteiger partial charge is 0.269 e. The van der Waals surface area contributed by atoms with E-state index in [1.807, 2.05) is 12.1 Å². The third kappa shape index (κ3) is 4.59. The van der Waals surface area contributed by atoms with Crippen LogP contribution in [0, 0.1) is 10.1 Å². The lowest BCUT2D eigenvalue weighted by Crippen LogP contribution is -2.37. The number of rotatable bonds is 6. The van der Waals surface area contributed by atoms with Crippen LogP contribution in [0.4, 0.5) is 5.69 Å². The molecule has 0 aromatic heterocycles. The van der Waals surface area contributed by atoms with Crippen LogP contribution in [0.5, 0.6) is 0 Å². The summed E-state index contributed by atoms with van der Waals surface area (Å²) in [5, 5.41) is 11.4. The SMILES string of the molecule is O=C(c1ccc([N+](=O)[O-])cc1)N(Cc1ccc(Cl)cc1)C[C@@H]1CCCO1. The highest BCUT2D eigenvalue weighted by Crippen LogP contribution is 2.19. The molecule has 1 atom stereocenters. The van der Waals surface area contributed by atoms with E-state index in [0.717, 1.165) is 18.4 Å². The molecule has 1 aliphatic heterocycles. The van der Waals surface area contributed by atoms with Crippen molar-refractivity contribution in [2.45, 2.75) is 25.5 Å². The number of nitrogens with zero attached hydrogens (tertiary/aromatic N) is 2. The number of halogens is 1. The molecule has 3 rings (SSSR count). The van der Waals surface area contributed by atoms with Crippen molar-refractivity contribution in [3.63, 3.8) is 0 Å². The minimum atomic E-state index is -0.480. The molecule has 1 amide bonds. The maximum Gasteiger partial charge on any atom is 0.269 e. The van der Waals surface area contributed by atoms with Crippen molar-refractivity contribution in [3.05, 3.63) is 74.8 Å². The zero-order chi connectivity index (χ0) is 18.5. The van der Waals surface area contributed by atoms with E-state index in [4.69, 9.17) is 16.3 Å². The maximum absolute atomic E-state index is 13.0. The number of non-ortho nitro benzene ring substituents is 1. The van der Waals surface area contributed by atoms with Gasteiger partial charge in [0.1, 0.15) is 0 Å². The number of carbonyl (C=O) groups excluding carboxylic acids is 1. The van der Waals surface area contributed by atoms with Crippen molar-refractivity contribution < 1.29 is 14.5 Å².